The van der Waals surface area contributed by atoms with E-state index in [-0.39, 0.29) is 0 Å². The standard InChI is InChI=1S/C21H13BrN4O2/c1-12(27)28-25-20-15-5-3-2-4-14(15)18-16-10-13(22)6-7-17(16)24-21(19(18)20)26-9-8-23-11-26/h2-11H,1H3/b25-20+. The quantitative estimate of drug-likeness (QED) is 0.304. The topological polar surface area (TPSA) is 69.4 Å². The van der Waals surface area contributed by atoms with Gasteiger partial charge in [-0.15, -0.1) is 0 Å². The van der Waals surface area contributed by atoms with Gasteiger partial charge in [0.2, 0.25) is 0 Å². The molecule has 0 saturated heterocycles. The summed E-state index contributed by atoms with van der Waals surface area (Å²) in [5.41, 5.74) is 5.18. The number of fused-ring (bicyclic) bond motifs is 5. The van der Waals surface area contributed by atoms with Gasteiger partial charge in [-0.1, -0.05) is 45.4 Å². The van der Waals surface area contributed by atoms with Crippen LogP contribution in [0.1, 0.15) is 18.1 Å². The number of carbonyl (C=O) groups excluding carboxylic acids is 1. The molecule has 0 N–H and O–H groups in total. The summed E-state index contributed by atoms with van der Waals surface area (Å²) in [6.45, 7) is 1.33. The maximum atomic E-state index is 11.4. The summed E-state index contributed by atoms with van der Waals surface area (Å²) in [6.07, 6.45) is 5.23. The van der Waals surface area contributed by atoms with Crippen LogP contribution in [0.3, 0.4) is 0 Å². The molecule has 7 heteroatoms. The molecule has 0 aliphatic heterocycles. The maximum Gasteiger partial charge on any atom is 0.332 e. The number of imidazole rings is 1. The highest BCUT2D eigenvalue weighted by atomic mass is 79.9. The highest BCUT2D eigenvalue weighted by molar-refractivity contribution is 9.10. The van der Waals surface area contributed by atoms with Gasteiger partial charge in [0.05, 0.1) is 11.1 Å². The van der Waals surface area contributed by atoms with Gasteiger partial charge in [-0.3, -0.25) is 4.57 Å². The zero-order chi connectivity index (χ0) is 19.3. The molecule has 0 saturated carbocycles. The smallest absolute Gasteiger partial charge is 0.318 e. The van der Waals surface area contributed by atoms with Crippen molar-refractivity contribution < 1.29 is 9.63 Å². The van der Waals surface area contributed by atoms with Gasteiger partial charge in [0.15, 0.2) is 0 Å². The number of pyridine rings is 1. The average molecular weight is 433 g/mol. The molecule has 4 aromatic rings. The molecular formula is C21H13BrN4O2. The Kier molecular flexibility index (Phi) is 3.84. The first-order valence-electron chi connectivity index (χ1n) is 8.61. The Balaban J connectivity index is 1.94. The molecule has 2 heterocycles. The first-order valence-corrected chi connectivity index (χ1v) is 9.40. The summed E-state index contributed by atoms with van der Waals surface area (Å²) < 4.78 is 2.80. The number of benzene rings is 2. The van der Waals surface area contributed by atoms with Crippen LogP contribution < -0.4 is 0 Å². The van der Waals surface area contributed by atoms with E-state index in [1.165, 1.54) is 6.92 Å². The van der Waals surface area contributed by atoms with Gasteiger partial charge in [0.1, 0.15) is 17.9 Å². The number of rotatable bonds is 2. The lowest BCUT2D eigenvalue weighted by Crippen LogP contribution is -2.08. The molecule has 2 aromatic carbocycles. The van der Waals surface area contributed by atoms with Gasteiger partial charge in [0, 0.05) is 40.3 Å². The second-order valence-corrected chi connectivity index (χ2v) is 7.30. The molecule has 136 valence electrons. The number of halogens is 1. The van der Waals surface area contributed by atoms with Gasteiger partial charge >= 0.3 is 5.97 Å². The van der Waals surface area contributed by atoms with Gasteiger partial charge in [-0.05, 0) is 23.8 Å². The highest BCUT2D eigenvalue weighted by Crippen LogP contribution is 2.44. The van der Waals surface area contributed by atoms with Crippen molar-refractivity contribution in [3.8, 4) is 16.9 Å². The van der Waals surface area contributed by atoms with Crippen molar-refractivity contribution in [3.05, 3.63) is 76.8 Å². The third-order valence-corrected chi connectivity index (χ3v) is 5.12. The van der Waals surface area contributed by atoms with Crippen LogP contribution in [-0.4, -0.2) is 26.2 Å². The third-order valence-electron chi connectivity index (χ3n) is 4.63. The third kappa shape index (κ3) is 2.55. The number of nitrogens with zero attached hydrogens (tertiary/aromatic N) is 4. The predicted octanol–water partition coefficient (Wildman–Crippen LogP) is 4.48. The molecule has 0 radical (unpaired) electrons. The first-order chi connectivity index (χ1) is 13.6. The maximum absolute atomic E-state index is 11.4. The Morgan fingerprint density at radius 3 is 2.71 bits per heavy atom. The van der Waals surface area contributed by atoms with E-state index in [9.17, 15) is 4.79 Å². The Labute approximate surface area is 168 Å². The Hall–Kier alpha value is -3.32. The Bertz CT molecular complexity index is 1280. The number of hydrogen-bond donors (Lipinski definition) is 0. The summed E-state index contributed by atoms with van der Waals surface area (Å²) in [6, 6.07) is 13.9. The fraction of sp³-hybridized carbons (Fsp3) is 0.0476. The molecule has 0 amide bonds. The molecule has 1 aliphatic rings. The number of oxime groups is 1. The molecule has 0 bridgehead atoms. The van der Waals surface area contributed by atoms with Crippen molar-refractivity contribution in [1.29, 1.82) is 0 Å². The van der Waals surface area contributed by atoms with Gasteiger partial charge < -0.3 is 4.84 Å². The van der Waals surface area contributed by atoms with Crippen LogP contribution in [-0.2, 0) is 9.63 Å². The lowest BCUT2D eigenvalue weighted by atomic mass is 10.0. The van der Waals surface area contributed by atoms with E-state index in [0.29, 0.717) is 11.5 Å². The average Bonchev–Trinajstić information content (AvgIpc) is 3.32. The molecule has 0 atom stereocenters. The molecule has 2 aromatic heterocycles. The summed E-state index contributed by atoms with van der Waals surface area (Å²) in [5.74, 6) is 0.212. The second-order valence-electron chi connectivity index (χ2n) is 6.39. The molecule has 1 aliphatic carbocycles. The van der Waals surface area contributed by atoms with Crippen molar-refractivity contribution in [1.82, 2.24) is 14.5 Å². The van der Waals surface area contributed by atoms with Crippen LogP contribution in [0, 0.1) is 0 Å². The summed E-state index contributed by atoms with van der Waals surface area (Å²) in [5, 5.41) is 5.18. The van der Waals surface area contributed by atoms with Crippen molar-refractivity contribution >= 4 is 38.5 Å². The minimum absolute atomic E-state index is 0.473. The van der Waals surface area contributed by atoms with Gasteiger partial charge in [0.25, 0.3) is 0 Å². The van der Waals surface area contributed by atoms with Crippen molar-refractivity contribution in [3.63, 3.8) is 0 Å². The van der Waals surface area contributed by atoms with E-state index in [1.807, 2.05) is 53.2 Å². The SMILES string of the molecule is CC(=O)O/N=C1\c2ccccc2-c2c1c(-n1ccnc1)nc1ccc(Br)cc21. The molecule has 28 heavy (non-hydrogen) atoms. The largest absolute Gasteiger partial charge is 0.332 e. The fourth-order valence-corrected chi connectivity index (χ4v) is 3.91. The molecular weight excluding hydrogens is 420 g/mol. The Morgan fingerprint density at radius 1 is 1.14 bits per heavy atom. The van der Waals surface area contributed by atoms with E-state index in [4.69, 9.17) is 9.82 Å². The predicted molar refractivity (Wildman–Crippen MR) is 109 cm³/mol. The Morgan fingerprint density at radius 2 is 1.96 bits per heavy atom. The minimum atomic E-state index is -0.473. The van der Waals surface area contributed by atoms with Gasteiger partial charge in [-0.2, -0.15) is 0 Å². The van der Waals surface area contributed by atoms with Crippen LogP contribution in [0.25, 0.3) is 27.8 Å². The number of hydrogen-bond acceptors (Lipinski definition) is 5. The number of carbonyl (C=O) groups is 1. The second kappa shape index (κ2) is 6.38. The van der Waals surface area contributed by atoms with Crippen LogP contribution in [0.4, 0.5) is 0 Å². The molecule has 0 spiro atoms. The lowest BCUT2D eigenvalue weighted by Gasteiger charge is -2.12. The highest BCUT2D eigenvalue weighted by Gasteiger charge is 2.32. The normalized spacial score (nSPS) is 13.6. The fourth-order valence-electron chi connectivity index (χ4n) is 3.54. The number of aromatic nitrogens is 3. The van der Waals surface area contributed by atoms with Crippen molar-refractivity contribution in [2.24, 2.45) is 5.16 Å². The van der Waals surface area contributed by atoms with E-state index in [0.717, 1.165) is 37.6 Å². The minimum Gasteiger partial charge on any atom is -0.318 e. The summed E-state index contributed by atoms with van der Waals surface area (Å²) >= 11 is 3.56. The first kappa shape index (κ1) is 16.8. The lowest BCUT2D eigenvalue weighted by molar-refractivity contribution is -0.140. The van der Waals surface area contributed by atoms with Crippen LogP contribution >= 0.6 is 15.9 Å². The van der Waals surface area contributed by atoms with Crippen LogP contribution in [0.2, 0.25) is 0 Å². The van der Waals surface area contributed by atoms with E-state index < -0.39 is 5.97 Å². The zero-order valence-corrected chi connectivity index (χ0v) is 16.3. The van der Waals surface area contributed by atoms with Crippen molar-refractivity contribution in [2.45, 2.75) is 6.92 Å². The van der Waals surface area contributed by atoms with Crippen molar-refractivity contribution in [2.75, 3.05) is 0 Å². The monoisotopic (exact) mass is 432 g/mol. The molecule has 0 unspecified atom stereocenters. The van der Waals surface area contributed by atoms with Crippen LogP contribution in [0.15, 0.2) is 70.8 Å². The zero-order valence-electron chi connectivity index (χ0n) is 14.8. The summed E-state index contributed by atoms with van der Waals surface area (Å²) in [4.78, 5) is 25.5. The molecule has 5 rings (SSSR count). The van der Waals surface area contributed by atoms with E-state index in [2.05, 4.69) is 26.1 Å². The van der Waals surface area contributed by atoms with Gasteiger partial charge in [-0.25, -0.2) is 14.8 Å². The van der Waals surface area contributed by atoms with Crippen LogP contribution in [0.5, 0.6) is 0 Å². The summed E-state index contributed by atoms with van der Waals surface area (Å²) in [7, 11) is 0. The molecule has 6 nitrogen and oxygen atoms in total. The molecule has 0 fully saturated rings. The van der Waals surface area contributed by atoms with E-state index >= 15 is 0 Å². The van der Waals surface area contributed by atoms with E-state index in [1.54, 1.807) is 12.5 Å².